The molecular weight excluding hydrogens is 324 g/mol. The first-order valence-electron chi connectivity index (χ1n) is 9.88. The van der Waals surface area contributed by atoms with Crippen LogP contribution in [0.1, 0.15) is 44.2 Å². The molecule has 0 radical (unpaired) electrons. The highest BCUT2D eigenvalue weighted by molar-refractivity contribution is 5.80. The summed E-state index contributed by atoms with van der Waals surface area (Å²) in [5, 5.41) is 6.97. The van der Waals surface area contributed by atoms with E-state index in [1.165, 1.54) is 18.4 Å². The van der Waals surface area contributed by atoms with Gasteiger partial charge in [0.2, 0.25) is 0 Å². The molecule has 2 aliphatic rings. The van der Waals surface area contributed by atoms with Crippen LogP contribution in [0.2, 0.25) is 0 Å². The lowest BCUT2D eigenvalue weighted by molar-refractivity contribution is 0.251. The molecule has 1 saturated heterocycles. The number of benzene rings is 1. The van der Waals surface area contributed by atoms with Gasteiger partial charge in [-0.25, -0.2) is 0 Å². The minimum atomic E-state index is 0.320. The van der Waals surface area contributed by atoms with Crippen molar-refractivity contribution < 1.29 is 4.74 Å². The minimum Gasteiger partial charge on any atom is -0.497 e. The second-order valence-electron chi connectivity index (χ2n) is 7.04. The third kappa shape index (κ3) is 5.01. The van der Waals surface area contributed by atoms with Gasteiger partial charge in [-0.3, -0.25) is 9.89 Å². The van der Waals surface area contributed by atoms with Crippen molar-refractivity contribution in [2.24, 2.45) is 4.99 Å². The lowest BCUT2D eigenvalue weighted by Crippen LogP contribution is -2.43. The number of methoxy groups -OCH3 is 1. The van der Waals surface area contributed by atoms with Crippen LogP contribution in [0.5, 0.6) is 5.75 Å². The Morgan fingerprint density at radius 3 is 2.50 bits per heavy atom. The summed E-state index contributed by atoms with van der Waals surface area (Å²) in [6.45, 7) is 6.07. The molecule has 1 heterocycles. The van der Waals surface area contributed by atoms with Crippen molar-refractivity contribution in [1.29, 1.82) is 0 Å². The number of nitrogens with one attached hydrogen (secondary N) is 2. The van der Waals surface area contributed by atoms with Gasteiger partial charge >= 0.3 is 0 Å². The molecule has 5 nitrogen and oxygen atoms in total. The number of nitrogens with zero attached hydrogens (tertiary/aromatic N) is 2. The Labute approximate surface area is 157 Å². The molecule has 1 unspecified atom stereocenters. The van der Waals surface area contributed by atoms with Crippen molar-refractivity contribution in [3.63, 3.8) is 0 Å². The molecule has 1 aromatic rings. The van der Waals surface area contributed by atoms with Crippen molar-refractivity contribution in [3.05, 3.63) is 42.0 Å². The normalized spacial score (nSPS) is 19.7. The van der Waals surface area contributed by atoms with E-state index in [0.717, 1.165) is 50.7 Å². The average molecular weight is 357 g/mol. The Balaban J connectivity index is 1.72. The molecule has 3 rings (SSSR count). The third-order valence-electron chi connectivity index (χ3n) is 5.20. The Morgan fingerprint density at radius 2 is 1.88 bits per heavy atom. The van der Waals surface area contributed by atoms with Crippen LogP contribution in [-0.2, 0) is 0 Å². The van der Waals surface area contributed by atoms with Gasteiger partial charge in [-0.05, 0) is 63.4 Å². The van der Waals surface area contributed by atoms with Gasteiger partial charge in [0, 0.05) is 12.6 Å². The summed E-state index contributed by atoms with van der Waals surface area (Å²) in [5.74, 6) is 1.83. The monoisotopic (exact) mass is 356 g/mol. The number of aliphatic imine (C=N–C) groups is 1. The van der Waals surface area contributed by atoms with Gasteiger partial charge < -0.3 is 15.4 Å². The fourth-order valence-corrected chi connectivity index (χ4v) is 3.74. The highest BCUT2D eigenvalue weighted by Crippen LogP contribution is 2.27. The third-order valence-corrected chi connectivity index (χ3v) is 5.20. The van der Waals surface area contributed by atoms with Crippen molar-refractivity contribution in [1.82, 2.24) is 15.5 Å². The molecule has 26 heavy (non-hydrogen) atoms. The molecule has 2 N–H and O–H groups in total. The van der Waals surface area contributed by atoms with Crippen LogP contribution in [0, 0.1) is 0 Å². The van der Waals surface area contributed by atoms with Crippen LogP contribution in [0.25, 0.3) is 0 Å². The molecular formula is C21H32N4O. The fraction of sp³-hybridized carbons (Fsp3) is 0.571. The second-order valence-corrected chi connectivity index (χ2v) is 7.04. The van der Waals surface area contributed by atoms with Crippen LogP contribution in [0.15, 0.2) is 41.4 Å². The van der Waals surface area contributed by atoms with E-state index in [2.05, 4.69) is 58.9 Å². The highest BCUT2D eigenvalue weighted by Gasteiger charge is 2.23. The number of hydrogen-bond acceptors (Lipinski definition) is 3. The van der Waals surface area contributed by atoms with E-state index in [4.69, 9.17) is 9.73 Å². The summed E-state index contributed by atoms with van der Waals surface area (Å²) in [6, 6.07) is 9.25. The highest BCUT2D eigenvalue weighted by atomic mass is 16.5. The molecule has 1 fully saturated rings. The molecule has 1 atom stereocenters. The van der Waals surface area contributed by atoms with Crippen LogP contribution < -0.4 is 15.4 Å². The largest absolute Gasteiger partial charge is 0.497 e. The van der Waals surface area contributed by atoms with Gasteiger partial charge in [-0.15, -0.1) is 0 Å². The van der Waals surface area contributed by atoms with Crippen molar-refractivity contribution in [3.8, 4) is 5.75 Å². The molecule has 0 aromatic heterocycles. The Kier molecular flexibility index (Phi) is 6.95. The van der Waals surface area contributed by atoms with Gasteiger partial charge in [0.25, 0.3) is 0 Å². The minimum absolute atomic E-state index is 0.320. The maximum Gasteiger partial charge on any atom is 0.191 e. The molecule has 0 saturated carbocycles. The molecule has 5 heteroatoms. The van der Waals surface area contributed by atoms with Crippen LogP contribution in [0.4, 0.5) is 0 Å². The quantitative estimate of drug-likeness (QED) is 0.448. The lowest BCUT2D eigenvalue weighted by atomic mass is 10.1. The van der Waals surface area contributed by atoms with E-state index in [0.29, 0.717) is 12.1 Å². The topological polar surface area (TPSA) is 48.9 Å². The zero-order valence-corrected chi connectivity index (χ0v) is 16.1. The molecule has 0 spiro atoms. The molecule has 1 aliphatic heterocycles. The predicted molar refractivity (Wildman–Crippen MR) is 108 cm³/mol. The van der Waals surface area contributed by atoms with E-state index in [9.17, 15) is 0 Å². The Bertz CT molecular complexity index is 597. The van der Waals surface area contributed by atoms with Crippen LogP contribution in [-0.4, -0.2) is 50.2 Å². The van der Waals surface area contributed by atoms with E-state index in [1.807, 2.05) is 0 Å². The summed E-state index contributed by atoms with van der Waals surface area (Å²) in [5.41, 5.74) is 1.31. The number of guanidine groups is 1. The zero-order valence-electron chi connectivity index (χ0n) is 16.1. The Morgan fingerprint density at radius 1 is 1.19 bits per heavy atom. The van der Waals surface area contributed by atoms with E-state index in [-0.39, 0.29) is 0 Å². The summed E-state index contributed by atoms with van der Waals surface area (Å²) < 4.78 is 5.31. The van der Waals surface area contributed by atoms with Gasteiger partial charge in [0.15, 0.2) is 5.96 Å². The van der Waals surface area contributed by atoms with Gasteiger partial charge in [0.1, 0.15) is 5.75 Å². The summed E-state index contributed by atoms with van der Waals surface area (Å²) >= 11 is 0. The summed E-state index contributed by atoms with van der Waals surface area (Å²) in [6.07, 6.45) is 9.21. The van der Waals surface area contributed by atoms with Gasteiger partial charge in [-0.1, -0.05) is 24.3 Å². The maximum absolute atomic E-state index is 5.31. The van der Waals surface area contributed by atoms with Gasteiger partial charge in [0.05, 0.1) is 19.7 Å². The molecule has 1 aromatic carbocycles. The second kappa shape index (κ2) is 9.62. The number of likely N-dealkylation sites (tertiary alicyclic amines) is 1. The van der Waals surface area contributed by atoms with E-state index in [1.54, 1.807) is 7.11 Å². The first-order chi connectivity index (χ1) is 12.8. The number of ether oxygens (including phenoxy) is 1. The lowest BCUT2D eigenvalue weighted by Gasteiger charge is -2.27. The van der Waals surface area contributed by atoms with Crippen LogP contribution >= 0.6 is 0 Å². The number of rotatable bonds is 7. The average Bonchev–Trinajstić information content (AvgIpc) is 3.37. The zero-order chi connectivity index (χ0) is 18.2. The molecule has 0 amide bonds. The number of hydrogen-bond donors (Lipinski definition) is 2. The van der Waals surface area contributed by atoms with Crippen molar-refractivity contribution >= 4 is 5.96 Å². The fourth-order valence-electron chi connectivity index (χ4n) is 3.74. The Hall–Kier alpha value is -2.01. The standard InChI is InChI=1S/C21H32N4O/c1-3-22-21(24-18-8-4-5-9-18)23-16-20(25-14-6-7-15-25)17-10-12-19(26-2)13-11-17/h4-5,10-13,18,20H,3,6-9,14-16H2,1-2H3,(H2,22,23,24). The van der Waals surface area contributed by atoms with Crippen molar-refractivity contribution in [2.45, 2.75) is 44.7 Å². The SMILES string of the molecule is CCNC(=NCC(c1ccc(OC)cc1)N1CCCC1)NC1CC=CC1. The van der Waals surface area contributed by atoms with Crippen molar-refractivity contribution in [2.75, 3.05) is 33.3 Å². The summed E-state index contributed by atoms with van der Waals surface area (Å²) in [4.78, 5) is 7.50. The van der Waals surface area contributed by atoms with Crippen LogP contribution in [0.3, 0.4) is 0 Å². The molecule has 0 bridgehead atoms. The molecule has 142 valence electrons. The van der Waals surface area contributed by atoms with E-state index < -0.39 is 0 Å². The maximum atomic E-state index is 5.31. The first kappa shape index (κ1) is 18.8. The predicted octanol–water partition coefficient (Wildman–Crippen LogP) is 3.11. The van der Waals surface area contributed by atoms with Gasteiger partial charge in [-0.2, -0.15) is 0 Å². The first-order valence-corrected chi connectivity index (χ1v) is 9.88. The summed E-state index contributed by atoms with van der Waals surface area (Å²) in [7, 11) is 1.71. The smallest absolute Gasteiger partial charge is 0.191 e. The van der Waals surface area contributed by atoms with E-state index >= 15 is 0 Å². The molecule has 1 aliphatic carbocycles.